The zero-order valence-corrected chi connectivity index (χ0v) is 12.8. The van der Waals surface area contributed by atoms with Crippen LogP contribution in [0.3, 0.4) is 0 Å². The zero-order valence-electron chi connectivity index (χ0n) is 12.8. The van der Waals surface area contributed by atoms with Crippen LogP contribution in [-0.4, -0.2) is 22.7 Å². The van der Waals surface area contributed by atoms with Crippen LogP contribution < -0.4 is 10.6 Å². The average molecular weight is 299 g/mol. The minimum Gasteiger partial charge on any atom is -0.384 e. The summed E-state index contributed by atoms with van der Waals surface area (Å²) in [7, 11) is 0. The summed E-state index contributed by atoms with van der Waals surface area (Å²) in [4.78, 5) is 15.9. The molecule has 5 heteroatoms. The average Bonchev–Trinajstić information content (AvgIpc) is 2.55. The third kappa shape index (κ3) is 4.30. The predicted molar refractivity (Wildman–Crippen MR) is 85.2 cm³/mol. The first kappa shape index (κ1) is 16.0. The van der Waals surface area contributed by atoms with Gasteiger partial charge in [-0.05, 0) is 37.1 Å². The number of aromatic nitrogens is 1. The number of nitrogens with one attached hydrogen (secondary N) is 2. The summed E-state index contributed by atoms with van der Waals surface area (Å²) >= 11 is 0. The van der Waals surface area contributed by atoms with Gasteiger partial charge in [0, 0.05) is 12.4 Å². The van der Waals surface area contributed by atoms with Crippen LogP contribution in [0.1, 0.15) is 31.0 Å². The fourth-order valence-corrected chi connectivity index (χ4v) is 2.13. The van der Waals surface area contributed by atoms with E-state index in [1.807, 2.05) is 49.4 Å². The van der Waals surface area contributed by atoms with Gasteiger partial charge in [0.1, 0.15) is 5.60 Å². The van der Waals surface area contributed by atoms with Crippen molar-refractivity contribution in [2.75, 3.05) is 6.54 Å². The molecule has 2 amide bonds. The number of carbonyl (C=O) groups excluding carboxylic acids is 1. The lowest BCUT2D eigenvalue weighted by molar-refractivity contribution is 0.0593. The summed E-state index contributed by atoms with van der Waals surface area (Å²) in [6, 6.07) is 12.5. The molecular formula is C17H21N3O2. The van der Waals surface area contributed by atoms with Gasteiger partial charge in [-0.2, -0.15) is 0 Å². The van der Waals surface area contributed by atoms with E-state index in [9.17, 15) is 9.90 Å². The quantitative estimate of drug-likeness (QED) is 0.793. The number of urea groups is 1. The van der Waals surface area contributed by atoms with E-state index in [1.165, 1.54) is 0 Å². The Morgan fingerprint density at radius 2 is 1.86 bits per heavy atom. The first-order valence-electron chi connectivity index (χ1n) is 7.21. The Morgan fingerprint density at radius 3 is 2.50 bits per heavy atom. The lowest BCUT2D eigenvalue weighted by Crippen LogP contribution is -2.44. The van der Waals surface area contributed by atoms with Crippen LogP contribution in [0, 0.1) is 0 Å². The molecular weight excluding hydrogens is 278 g/mol. The maximum atomic E-state index is 12.0. The number of nitrogens with zero attached hydrogens (tertiary/aromatic N) is 1. The molecule has 2 atom stereocenters. The van der Waals surface area contributed by atoms with Gasteiger partial charge in [0.15, 0.2) is 0 Å². The van der Waals surface area contributed by atoms with Crippen LogP contribution in [0.15, 0.2) is 54.9 Å². The van der Waals surface area contributed by atoms with Gasteiger partial charge in [-0.25, -0.2) is 4.79 Å². The minimum absolute atomic E-state index is 0.131. The fraction of sp³-hybridized carbons (Fsp3) is 0.294. The molecule has 0 radical (unpaired) electrons. The molecule has 2 unspecified atom stereocenters. The lowest BCUT2D eigenvalue weighted by atomic mass is 9.96. The summed E-state index contributed by atoms with van der Waals surface area (Å²) in [5, 5.41) is 16.0. The Hall–Kier alpha value is -2.40. The molecule has 1 aromatic carbocycles. The van der Waals surface area contributed by atoms with Crippen molar-refractivity contribution in [1.29, 1.82) is 0 Å². The molecule has 2 rings (SSSR count). The fourth-order valence-electron chi connectivity index (χ4n) is 2.13. The second-order valence-corrected chi connectivity index (χ2v) is 5.47. The maximum absolute atomic E-state index is 12.0. The highest BCUT2D eigenvalue weighted by Crippen LogP contribution is 2.19. The molecule has 0 bridgehead atoms. The van der Waals surface area contributed by atoms with Crippen molar-refractivity contribution in [2.45, 2.75) is 25.5 Å². The van der Waals surface area contributed by atoms with Crippen LogP contribution in [0.5, 0.6) is 0 Å². The number of amides is 2. The molecule has 0 saturated carbocycles. The third-order valence-electron chi connectivity index (χ3n) is 3.54. The van der Waals surface area contributed by atoms with Crippen molar-refractivity contribution in [3.63, 3.8) is 0 Å². The summed E-state index contributed by atoms with van der Waals surface area (Å²) < 4.78 is 0. The molecule has 116 valence electrons. The number of hydrogen-bond acceptors (Lipinski definition) is 3. The van der Waals surface area contributed by atoms with Gasteiger partial charge in [0.25, 0.3) is 0 Å². The van der Waals surface area contributed by atoms with Crippen molar-refractivity contribution in [3.05, 3.63) is 66.0 Å². The molecule has 0 aliphatic rings. The van der Waals surface area contributed by atoms with E-state index in [-0.39, 0.29) is 18.6 Å². The molecule has 1 heterocycles. The Labute approximate surface area is 130 Å². The normalized spacial score (nSPS) is 14.7. The van der Waals surface area contributed by atoms with Gasteiger partial charge in [0.2, 0.25) is 0 Å². The first-order valence-corrected chi connectivity index (χ1v) is 7.21. The predicted octanol–water partition coefficient (Wildman–Crippen LogP) is 2.35. The van der Waals surface area contributed by atoms with Crippen LogP contribution in [0.4, 0.5) is 4.79 Å². The van der Waals surface area contributed by atoms with Crippen molar-refractivity contribution in [1.82, 2.24) is 15.6 Å². The minimum atomic E-state index is -1.11. The van der Waals surface area contributed by atoms with Crippen molar-refractivity contribution in [3.8, 4) is 0 Å². The molecule has 0 aliphatic heterocycles. The second kappa shape index (κ2) is 7.04. The smallest absolute Gasteiger partial charge is 0.315 e. The molecule has 22 heavy (non-hydrogen) atoms. The number of carbonyl (C=O) groups is 1. The van der Waals surface area contributed by atoms with Crippen molar-refractivity contribution < 1.29 is 9.90 Å². The SMILES string of the molecule is CC(NC(=O)NCC(C)(O)c1ccccc1)c1ccncc1. The van der Waals surface area contributed by atoms with Crippen LogP contribution in [0.2, 0.25) is 0 Å². The van der Waals surface area contributed by atoms with Gasteiger partial charge in [-0.3, -0.25) is 4.98 Å². The highest BCUT2D eigenvalue weighted by molar-refractivity contribution is 5.74. The van der Waals surface area contributed by atoms with E-state index in [1.54, 1.807) is 19.3 Å². The highest BCUT2D eigenvalue weighted by Gasteiger charge is 2.23. The highest BCUT2D eigenvalue weighted by atomic mass is 16.3. The second-order valence-electron chi connectivity index (χ2n) is 5.47. The molecule has 0 spiro atoms. The number of hydrogen-bond donors (Lipinski definition) is 3. The van der Waals surface area contributed by atoms with E-state index < -0.39 is 5.60 Å². The van der Waals surface area contributed by atoms with E-state index >= 15 is 0 Å². The molecule has 5 nitrogen and oxygen atoms in total. The van der Waals surface area contributed by atoms with Gasteiger partial charge in [-0.15, -0.1) is 0 Å². The van der Waals surface area contributed by atoms with Crippen LogP contribution in [-0.2, 0) is 5.60 Å². The molecule has 3 N–H and O–H groups in total. The monoisotopic (exact) mass is 299 g/mol. The molecule has 0 saturated heterocycles. The van der Waals surface area contributed by atoms with Gasteiger partial charge in [-0.1, -0.05) is 30.3 Å². The van der Waals surface area contributed by atoms with Gasteiger partial charge >= 0.3 is 6.03 Å². The van der Waals surface area contributed by atoms with Crippen LogP contribution >= 0.6 is 0 Å². The van der Waals surface area contributed by atoms with E-state index in [0.29, 0.717) is 0 Å². The van der Waals surface area contributed by atoms with Gasteiger partial charge < -0.3 is 15.7 Å². The molecule has 0 fully saturated rings. The summed E-state index contributed by atoms with van der Waals surface area (Å²) in [6.07, 6.45) is 3.37. The van der Waals surface area contributed by atoms with Crippen LogP contribution in [0.25, 0.3) is 0 Å². The molecule has 0 aliphatic carbocycles. The summed E-state index contributed by atoms with van der Waals surface area (Å²) in [5.74, 6) is 0. The Balaban J connectivity index is 1.88. The zero-order chi connectivity index (χ0) is 16.0. The topological polar surface area (TPSA) is 74.2 Å². The summed E-state index contributed by atoms with van der Waals surface area (Å²) in [5.41, 5.74) is 0.621. The van der Waals surface area contributed by atoms with Crippen molar-refractivity contribution >= 4 is 6.03 Å². The third-order valence-corrected chi connectivity index (χ3v) is 3.54. The van der Waals surface area contributed by atoms with E-state index in [0.717, 1.165) is 11.1 Å². The van der Waals surface area contributed by atoms with Crippen molar-refractivity contribution in [2.24, 2.45) is 0 Å². The Bertz CT molecular complexity index is 600. The molecule has 2 aromatic rings. The Kier molecular flexibility index (Phi) is 5.12. The standard InChI is InChI=1S/C17H21N3O2/c1-13(14-8-10-18-11-9-14)20-16(21)19-12-17(2,22)15-6-4-3-5-7-15/h3-11,13,22H,12H2,1-2H3,(H2,19,20,21). The number of aliphatic hydroxyl groups is 1. The number of rotatable bonds is 5. The molecule has 1 aromatic heterocycles. The maximum Gasteiger partial charge on any atom is 0.315 e. The first-order chi connectivity index (χ1) is 10.5. The van der Waals surface area contributed by atoms with E-state index in [2.05, 4.69) is 15.6 Å². The van der Waals surface area contributed by atoms with Gasteiger partial charge in [0.05, 0.1) is 12.6 Å². The summed E-state index contributed by atoms with van der Waals surface area (Å²) in [6.45, 7) is 3.70. The number of pyridine rings is 1. The lowest BCUT2D eigenvalue weighted by Gasteiger charge is -2.25. The van der Waals surface area contributed by atoms with E-state index in [4.69, 9.17) is 0 Å². The Morgan fingerprint density at radius 1 is 1.23 bits per heavy atom. The largest absolute Gasteiger partial charge is 0.384 e. The number of benzene rings is 1.